The summed E-state index contributed by atoms with van der Waals surface area (Å²) in [7, 11) is 0. The van der Waals surface area contributed by atoms with Gasteiger partial charge in [-0.05, 0) is 25.1 Å². The molecule has 1 aromatic carbocycles. The highest BCUT2D eigenvalue weighted by Crippen LogP contribution is 2.32. The molecule has 1 N–H and O–H groups in total. The molecule has 0 fully saturated rings. The molecule has 0 radical (unpaired) electrons. The van der Waals surface area contributed by atoms with Crippen LogP contribution in [0.4, 0.5) is 0 Å². The topological polar surface area (TPSA) is 157 Å². The van der Waals surface area contributed by atoms with Gasteiger partial charge >= 0.3 is 5.69 Å². The molecule has 0 atom stereocenters. The van der Waals surface area contributed by atoms with E-state index in [1.165, 1.54) is 33.6 Å². The van der Waals surface area contributed by atoms with Gasteiger partial charge < -0.3 is 4.52 Å². The Balaban J connectivity index is 1.64. The SMILES string of the molecule is Cc1cc(Cn2c(=O)ccc3c2cnn3-c2c(Cl)cc(-n3nc(C#N)c(=O)[nH]c3=O)cc2Cl)no1. The Morgan fingerprint density at radius 1 is 1.09 bits per heavy atom. The minimum absolute atomic E-state index is 0.0979. The standard InChI is InChI=1S/C21H12Cl2N8O4/c1-10-4-11(28-35-10)9-29-17-8-25-31(16(17)2-3-18(29)32)19-13(22)5-12(6-14(19)23)30-21(34)26-20(33)15(7-24)27-30/h2-6,8H,9H2,1H3,(H,26,33,34). The number of aromatic amines is 1. The monoisotopic (exact) mass is 510 g/mol. The summed E-state index contributed by atoms with van der Waals surface area (Å²) in [5.74, 6) is 0.618. The summed E-state index contributed by atoms with van der Waals surface area (Å²) >= 11 is 13.0. The highest BCUT2D eigenvalue weighted by Gasteiger charge is 2.18. The molecule has 0 unspecified atom stereocenters. The molecule has 12 nitrogen and oxygen atoms in total. The molecule has 0 aliphatic heterocycles. The van der Waals surface area contributed by atoms with Crippen molar-refractivity contribution in [1.82, 2.24) is 34.3 Å². The highest BCUT2D eigenvalue weighted by atomic mass is 35.5. The molecule has 0 aliphatic carbocycles. The van der Waals surface area contributed by atoms with Crippen molar-refractivity contribution >= 4 is 34.2 Å². The number of benzene rings is 1. The molecule has 4 aromatic heterocycles. The van der Waals surface area contributed by atoms with Crippen LogP contribution in [0.5, 0.6) is 0 Å². The lowest BCUT2D eigenvalue weighted by Gasteiger charge is -2.12. The summed E-state index contributed by atoms with van der Waals surface area (Å²) in [6.45, 7) is 1.92. The second-order valence-corrected chi connectivity index (χ2v) is 8.22. The largest absolute Gasteiger partial charge is 0.361 e. The normalized spacial score (nSPS) is 11.1. The second kappa shape index (κ2) is 8.39. The summed E-state index contributed by atoms with van der Waals surface area (Å²) in [5, 5.41) is 21.3. The summed E-state index contributed by atoms with van der Waals surface area (Å²) < 4.78 is 8.83. The van der Waals surface area contributed by atoms with Crippen LogP contribution in [-0.4, -0.2) is 34.3 Å². The molecule has 4 heterocycles. The number of nitriles is 1. The van der Waals surface area contributed by atoms with Gasteiger partial charge in [0.05, 0.1) is 39.5 Å². The van der Waals surface area contributed by atoms with E-state index in [1.807, 2.05) is 4.98 Å². The molecule has 0 bridgehead atoms. The Bertz CT molecular complexity index is 1830. The van der Waals surface area contributed by atoms with Crippen LogP contribution in [0.25, 0.3) is 22.4 Å². The molecule has 5 rings (SSSR count). The highest BCUT2D eigenvalue weighted by molar-refractivity contribution is 6.38. The number of rotatable bonds is 4. The third-order valence-electron chi connectivity index (χ3n) is 5.12. The number of halogens is 2. The zero-order valence-electron chi connectivity index (χ0n) is 17.7. The quantitative estimate of drug-likeness (QED) is 0.384. The van der Waals surface area contributed by atoms with Gasteiger partial charge in [0.25, 0.3) is 11.1 Å². The molecule has 174 valence electrons. The molecule has 0 saturated heterocycles. The Hall–Kier alpha value is -4.47. The van der Waals surface area contributed by atoms with Gasteiger partial charge in [-0.25, -0.2) is 9.48 Å². The number of fused-ring (bicyclic) bond motifs is 1. The van der Waals surface area contributed by atoms with E-state index in [9.17, 15) is 14.4 Å². The van der Waals surface area contributed by atoms with E-state index >= 15 is 0 Å². The zero-order valence-corrected chi connectivity index (χ0v) is 19.2. The van der Waals surface area contributed by atoms with E-state index < -0.39 is 16.9 Å². The average molecular weight is 511 g/mol. The number of aromatic nitrogens is 7. The van der Waals surface area contributed by atoms with E-state index in [0.717, 1.165) is 4.68 Å². The number of H-pyrrole nitrogens is 1. The third kappa shape index (κ3) is 3.82. The maximum Gasteiger partial charge on any atom is 0.349 e. The van der Waals surface area contributed by atoms with Gasteiger partial charge in [0.1, 0.15) is 23.2 Å². The maximum atomic E-state index is 12.6. The van der Waals surface area contributed by atoms with Gasteiger partial charge in [0.2, 0.25) is 5.69 Å². The molecular weight excluding hydrogens is 499 g/mol. The summed E-state index contributed by atoms with van der Waals surface area (Å²) in [4.78, 5) is 38.4. The van der Waals surface area contributed by atoms with Crippen LogP contribution in [0.1, 0.15) is 17.1 Å². The van der Waals surface area contributed by atoms with Gasteiger partial charge in [-0.15, -0.1) is 5.10 Å². The van der Waals surface area contributed by atoms with E-state index in [2.05, 4.69) is 15.4 Å². The molecule has 5 aromatic rings. The molecule has 0 saturated carbocycles. The Labute approximate surface area is 204 Å². The fourth-order valence-corrected chi connectivity index (χ4v) is 4.23. The number of nitrogens with zero attached hydrogens (tertiary/aromatic N) is 7. The van der Waals surface area contributed by atoms with Gasteiger partial charge in [0, 0.05) is 12.1 Å². The molecule has 35 heavy (non-hydrogen) atoms. The Morgan fingerprint density at radius 2 is 1.83 bits per heavy atom. The van der Waals surface area contributed by atoms with Crippen molar-refractivity contribution in [2.45, 2.75) is 13.5 Å². The lowest BCUT2D eigenvalue weighted by molar-refractivity contribution is 0.389. The van der Waals surface area contributed by atoms with Crippen LogP contribution in [-0.2, 0) is 6.54 Å². The first-order chi connectivity index (χ1) is 16.8. The van der Waals surface area contributed by atoms with Gasteiger partial charge in [-0.1, -0.05) is 28.4 Å². The zero-order chi connectivity index (χ0) is 24.9. The van der Waals surface area contributed by atoms with Crippen LogP contribution in [0, 0.1) is 18.3 Å². The number of hydrogen-bond donors (Lipinski definition) is 1. The number of nitrogens with one attached hydrogen (secondary N) is 1. The predicted octanol–water partition coefficient (Wildman–Crippen LogP) is 1.94. The van der Waals surface area contributed by atoms with Crippen molar-refractivity contribution in [2.75, 3.05) is 0 Å². The third-order valence-corrected chi connectivity index (χ3v) is 5.69. The lowest BCUT2D eigenvalue weighted by atomic mass is 10.2. The van der Waals surface area contributed by atoms with E-state index in [-0.39, 0.29) is 33.5 Å². The molecule has 0 aliphatic rings. The van der Waals surface area contributed by atoms with Crippen molar-refractivity contribution in [3.8, 4) is 17.4 Å². The van der Waals surface area contributed by atoms with Crippen LogP contribution < -0.4 is 16.8 Å². The van der Waals surface area contributed by atoms with Crippen LogP contribution >= 0.6 is 23.2 Å². The predicted molar refractivity (Wildman–Crippen MR) is 124 cm³/mol. The summed E-state index contributed by atoms with van der Waals surface area (Å²) in [6.07, 6.45) is 1.50. The van der Waals surface area contributed by atoms with E-state index in [0.29, 0.717) is 22.5 Å². The first-order valence-corrected chi connectivity index (χ1v) is 10.7. The first kappa shape index (κ1) is 22.3. The number of pyridine rings is 1. The second-order valence-electron chi connectivity index (χ2n) is 7.40. The van der Waals surface area contributed by atoms with Crippen LogP contribution in [0.15, 0.2) is 55.4 Å². The van der Waals surface area contributed by atoms with E-state index in [1.54, 1.807) is 25.1 Å². The molecule has 0 spiro atoms. The lowest BCUT2D eigenvalue weighted by Crippen LogP contribution is -2.33. The van der Waals surface area contributed by atoms with Crippen molar-refractivity contribution in [2.24, 2.45) is 0 Å². The fraction of sp³-hybridized carbons (Fsp3) is 0.0952. The Morgan fingerprint density at radius 3 is 2.49 bits per heavy atom. The molecule has 14 heteroatoms. The van der Waals surface area contributed by atoms with Crippen LogP contribution in [0.3, 0.4) is 0 Å². The summed E-state index contributed by atoms with van der Waals surface area (Å²) in [6, 6.07) is 9.09. The smallest absolute Gasteiger partial charge is 0.349 e. The van der Waals surface area contributed by atoms with Crippen LogP contribution in [0.2, 0.25) is 10.0 Å². The average Bonchev–Trinajstić information content (AvgIpc) is 3.41. The fourth-order valence-electron chi connectivity index (χ4n) is 3.59. The maximum absolute atomic E-state index is 12.6. The minimum Gasteiger partial charge on any atom is -0.361 e. The summed E-state index contributed by atoms with van der Waals surface area (Å²) in [5.41, 5.74) is -0.520. The number of aryl methyl sites for hydroxylation is 1. The van der Waals surface area contributed by atoms with Crippen molar-refractivity contribution in [3.63, 3.8) is 0 Å². The first-order valence-electron chi connectivity index (χ1n) is 9.90. The minimum atomic E-state index is -0.905. The van der Waals surface area contributed by atoms with Crippen molar-refractivity contribution in [1.29, 1.82) is 5.26 Å². The van der Waals surface area contributed by atoms with Crippen molar-refractivity contribution < 1.29 is 4.52 Å². The molecular formula is C21H12Cl2N8O4. The molecule has 0 amide bonds. The van der Waals surface area contributed by atoms with Crippen molar-refractivity contribution in [3.05, 3.63) is 94.9 Å². The van der Waals surface area contributed by atoms with Gasteiger partial charge in [0.15, 0.2) is 0 Å². The van der Waals surface area contributed by atoms with Gasteiger partial charge in [-0.2, -0.15) is 15.0 Å². The number of hydrogen-bond acceptors (Lipinski definition) is 8. The van der Waals surface area contributed by atoms with Gasteiger partial charge in [-0.3, -0.25) is 19.1 Å². The Kier molecular flexibility index (Phi) is 5.35. The van der Waals surface area contributed by atoms with E-state index in [4.69, 9.17) is 33.0 Å².